The summed E-state index contributed by atoms with van der Waals surface area (Å²) < 4.78 is 16.6. The van der Waals surface area contributed by atoms with Gasteiger partial charge < -0.3 is 24.5 Å². The van der Waals surface area contributed by atoms with Gasteiger partial charge in [-0.25, -0.2) is 15.0 Å². The minimum Gasteiger partial charge on any atom is -0.497 e. The second-order valence-corrected chi connectivity index (χ2v) is 6.58. The third-order valence-electron chi connectivity index (χ3n) is 4.31. The average molecular weight is 409 g/mol. The molecule has 2 N–H and O–H groups in total. The fourth-order valence-electron chi connectivity index (χ4n) is 2.64. The highest BCUT2D eigenvalue weighted by Gasteiger charge is 2.07. The van der Waals surface area contributed by atoms with Gasteiger partial charge in [0.1, 0.15) is 17.3 Å². The minimum absolute atomic E-state index is 0.464. The third kappa shape index (κ3) is 5.97. The Hall–Kier alpha value is -3.55. The highest BCUT2D eigenvalue weighted by molar-refractivity contribution is 5.79. The van der Waals surface area contributed by atoms with Gasteiger partial charge in [0.25, 0.3) is 0 Å². The zero-order valence-electron chi connectivity index (χ0n) is 17.7. The molecule has 0 fully saturated rings. The van der Waals surface area contributed by atoms with Crippen molar-refractivity contribution in [2.24, 2.45) is 4.99 Å². The summed E-state index contributed by atoms with van der Waals surface area (Å²) in [6.07, 6.45) is 1.75. The molecule has 0 amide bonds. The van der Waals surface area contributed by atoms with Crippen LogP contribution in [0.5, 0.6) is 17.4 Å². The Morgan fingerprint density at radius 2 is 1.97 bits per heavy atom. The monoisotopic (exact) mass is 409 g/mol. The highest BCUT2D eigenvalue weighted by atomic mass is 16.5. The van der Waals surface area contributed by atoms with Crippen molar-refractivity contribution in [3.8, 4) is 17.4 Å². The Kier molecular flexibility index (Phi) is 7.26. The van der Waals surface area contributed by atoms with Crippen LogP contribution < -0.4 is 20.1 Å². The van der Waals surface area contributed by atoms with Crippen LogP contribution in [0.1, 0.15) is 29.8 Å². The van der Waals surface area contributed by atoms with E-state index in [0.717, 1.165) is 29.3 Å². The molecule has 0 radical (unpaired) electrons. The van der Waals surface area contributed by atoms with Crippen LogP contribution in [0.3, 0.4) is 0 Å². The van der Waals surface area contributed by atoms with E-state index in [1.54, 1.807) is 13.3 Å². The number of oxazole rings is 1. The number of pyridine rings is 1. The number of guanidine groups is 1. The number of aryl methyl sites for hydroxylation is 2. The van der Waals surface area contributed by atoms with E-state index in [9.17, 15) is 0 Å². The summed E-state index contributed by atoms with van der Waals surface area (Å²) in [4.78, 5) is 13.3. The first-order chi connectivity index (χ1) is 14.6. The van der Waals surface area contributed by atoms with Crippen molar-refractivity contribution in [1.82, 2.24) is 20.6 Å². The van der Waals surface area contributed by atoms with Gasteiger partial charge in [-0.15, -0.1) is 0 Å². The summed E-state index contributed by atoms with van der Waals surface area (Å²) in [7, 11) is 1.62. The lowest BCUT2D eigenvalue weighted by Gasteiger charge is -2.10. The molecule has 3 rings (SSSR count). The smallest absolute Gasteiger partial charge is 0.219 e. The lowest BCUT2D eigenvalue weighted by atomic mass is 10.3. The van der Waals surface area contributed by atoms with Crippen molar-refractivity contribution in [1.29, 1.82) is 0 Å². The van der Waals surface area contributed by atoms with Crippen LogP contribution in [-0.4, -0.2) is 29.6 Å². The molecular weight excluding hydrogens is 382 g/mol. The normalized spacial score (nSPS) is 11.3. The topological polar surface area (TPSA) is 93.8 Å². The van der Waals surface area contributed by atoms with Gasteiger partial charge in [-0.05, 0) is 38.5 Å². The molecule has 0 unspecified atom stereocenters. The summed E-state index contributed by atoms with van der Waals surface area (Å²) in [5.41, 5.74) is 1.86. The zero-order valence-corrected chi connectivity index (χ0v) is 17.7. The number of aliphatic imine (C=N–C) groups is 1. The summed E-state index contributed by atoms with van der Waals surface area (Å²) in [5, 5.41) is 6.44. The molecule has 30 heavy (non-hydrogen) atoms. The van der Waals surface area contributed by atoms with E-state index in [2.05, 4.69) is 25.6 Å². The number of aromatic nitrogens is 2. The van der Waals surface area contributed by atoms with E-state index >= 15 is 0 Å². The molecule has 0 spiro atoms. The maximum Gasteiger partial charge on any atom is 0.219 e. The van der Waals surface area contributed by atoms with Crippen LogP contribution in [0.2, 0.25) is 0 Å². The third-order valence-corrected chi connectivity index (χ3v) is 4.31. The number of rotatable bonds is 8. The molecule has 2 aromatic heterocycles. The number of nitrogens with zero attached hydrogens (tertiary/aromatic N) is 3. The molecule has 0 aliphatic carbocycles. The van der Waals surface area contributed by atoms with E-state index in [1.165, 1.54) is 0 Å². The molecule has 0 atom stereocenters. The maximum atomic E-state index is 5.77. The SMILES string of the molecule is CCNC(=NCc1ccc(Oc2cccc(OC)c2)nc1)NCc1nc(C)c(C)o1. The van der Waals surface area contributed by atoms with Crippen molar-refractivity contribution < 1.29 is 13.9 Å². The van der Waals surface area contributed by atoms with Crippen LogP contribution in [0.15, 0.2) is 52.0 Å². The zero-order chi connectivity index (χ0) is 21.3. The molecule has 2 heterocycles. The molecular formula is C22H27N5O3. The van der Waals surface area contributed by atoms with Gasteiger partial charge in [0.2, 0.25) is 11.8 Å². The van der Waals surface area contributed by atoms with Gasteiger partial charge in [0.15, 0.2) is 5.96 Å². The number of ether oxygens (including phenoxy) is 2. The van der Waals surface area contributed by atoms with Crippen LogP contribution >= 0.6 is 0 Å². The molecule has 1 aromatic carbocycles. The van der Waals surface area contributed by atoms with E-state index in [-0.39, 0.29) is 0 Å². The predicted octanol–water partition coefficient (Wildman–Crippen LogP) is 3.74. The summed E-state index contributed by atoms with van der Waals surface area (Å²) in [6, 6.07) is 11.2. The van der Waals surface area contributed by atoms with Gasteiger partial charge in [0.05, 0.1) is 25.9 Å². The number of hydrogen-bond donors (Lipinski definition) is 2. The number of methoxy groups -OCH3 is 1. The van der Waals surface area contributed by atoms with E-state index in [4.69, 9.17) is 13.9 Å². The van der Waals surface area contributed by atoms with E-state index in [1.807, 2.05) is 57.2 Å². The maximum absolute atomic E-state index is 5.77. The molecule has 8 heteroatoms. The summed E-state index contributed by atoms with van der Waals surface area (Å²) >= 11 is 0. The molecule has 0 saturated carbocycles. The number of benzene rings is 1. The first-order valence-electron chi connectivity index (χ1n) is 9.79. The largest absolute Gasteiger partial charge is 0.497 e. The molecule has 0 saturated heterocycles. The fraction of sp³-hybridized carbons (Fsp3) is 0.318. The molecule has 3 aromatic rings. The second kappa shape index (κ2) is 10.3. The van der Waals surface area contributed by atoms with Gasteiger partial charge >= 0.3 is 0 Å². The van der Waals surface area contributed by atoms with Crippen molar-refractivity contribution in [3.63, 3.8) is 0 Å². The number of hydrogen-bond acceptors (Lipinski definition) is 6. The lowest BCUT2D eigenvalue weighted by Crippen LogP contribution is -2.36. The first-order valence-corrected chi connectivity index (χ1v) is 9.79. The van der Waals surface area contributed by atoms with Crippen LogP contribution in [0.4, 0.5) is 0 Å². The van der Waals surface area contributed by atoms with E-state index in [0.29, 0.717) is 36.6 Å². The Balaban J connectivity index is 1.58. The number of nitrogens with one attached hydrogen (secondary N) is 2. The summed E-state index contributed by atoms with van der Waals surface area (Å²) in [5.74, 6) is 4.06. The second-order valence-electron chi connectivity index (χ2n) is 6.58. The average Bonchev–Trinajstić information content (AvgIpc) is 3.08. The Morgan fingerprint density at radius 1 is 1.13 bits per heavy atom. The van der Waals surface area contributed by atoms with Crippen LogP contribution in [0.25, 0.3) is 0 Å². The molecule has 0 aliphatic rings. The van der Waals surface area contributed by atoms with E-state index < -0.39 is 0 Å². The summed E-state index contributed by atoms with van der Waals surface area (Å²) in [6.45, 7) is 7.54. The van der Waals surface area contributed by atoms with Gasteiger partial charge in [-0.1, -0.05) is 12.1 Å². The molecule has 158 valence electrons. The van der Waals surface area contributed by atoms with Crippen molar-refractivity contribution in [2.75, 3.05) is 13.7 Å². The van der Waals surface area contributed by atoms with Crippen molar-refractivity contribution in [2.45, 2.75) is 33.9 Å². The van der Waals surface area contributed by atoms with Crippen LogP contribution in [-0.2, 0) is 13.1 Å². The van der Waals surface area contributed by atoms with Gasteiger partial charge in [-0.3, -0.25) is 0 Å². The Labute approximate surface area is 176 Å². The van der Waals surface area contributed by atoms with Crippen molar-refractivity contribution >= 4 is 5.96 Å². The molecule has 8 nitrogen and oxygen atoms in total. The van der Waals surface area contributed by atoms with Crippen LogP contribution in [0, 0.1) is 13.8 Å². The Morgan fingerprint density at radius 3 is 2.63 bits per heavy atom. The molecule has 0 bridgehead atoms. The quantitative estimate of drug-likeness (QED) is 0.432. The predicted molar refractivity (Wildman–Crippen MR) is 115 cm³/mol. The van der Waals surface area contributed by atoms with Gasteiger partial charge in [-0.2, -0.15) is 0 Å². The first kappa shape index (κ1) is 21.2. The minimum atomic E-state index is 0.464. The van der Waals surface area contributed by atoms with Gasteiger partial charge in [0, 0.05) is 24.9 Å². The Bertz CT molecular complexity index is 963. The lowest BCUT2D eigenvalue weighted by molar-refractivity contribution is 0.407. The molecule has 0 aliphatic heterocycles. The highest BCUT2D eigenvalue weighted by Crippen LogP contribution is 2.23. The fourth-order valence-corrected chi connectivity index (χ4v) is 2.64. The standard InChI is InChI=1S/C22H27N5O3/c1-5-23-22(26-14-21-27-15(2)16(3)29-21)25-13-17-9-10-20(24-12-17)30-19-8-6-7-18(11-19)28-4/h6-12H,5,13-14H2,1-4H3,(H2,23,25,26). The van der Waals surface area contributed by atoms with Crippen molar-refractivity contribution in [3.05, 3.63) is 65.5 Å².